The molecule has 0 aromatic carbocycles. The SMILES string of the molecule is CCCCCCCCCCC=CC(CC(=O)NN)C(=O)NN. The van der Waals surface area contributed by atoms with Crippen molar-refractivity contribution >= 4 is 11.8 Å². The molecule has 0 fully saturated rings. The first-order valence-corrected chi connectivity index (χ1v) is 8.32. The predicted molar refractivity (Wildman–Crippen MR) is 89.1 cm³/mol. The van der Waals surface area contributed by atoms with Crippen LogP contribution >= 0.6 is 0 Å². The second-order valence-corrected chi connectivity index (χ2v) is 5.58. The molecule has 1 atom stereocenters. The average molecular weight is 312 g/mol. The minimum absolute atomic E-state index is 0.00740. The van der Waals surface area contributed by atoms with E-state index in [1.165, 1.54) is 44.9 Å². The smallest absolute Gasteiger partial charge is 0.241 e. The van der Waals surface area contributed by atoms with Crippen LogP contribution in [0.5, 0.6) is 0 Å². The maximum atomic E-state index is 11.5. The van der Waals surface area contributed by atoms with Crippen molar-refractivity contribution in [3.05, 3.63) is 12.2 Å². The van der Waals surface area contributed by atoms with Crippen LogP contribution in [0.3, 0.4) is 0 Å². The molecule has 128 valence electrons. The third-order valence-electron chi connectivity index (χ3n) is 3.64. The van der Waals surface area contributed by atoms with Crippen molar-refractivity contribution in [1.82, 2.24) is 10.9 Å². The lowest BCUT2D eigenvalue weighted by Crippen LogP contribution is -2.39. The van der Waals surface area contributed by atoms with Gasteiger partial charge in [0, 0.05) is 6.42 Å². The van der Waals surface area contributed by atoms with Crippen molar-refractivity contribution in [1.29, 1.82) is 0 Å². The van der Waals surface area contributed by atoms with E-state index in [2.05, 4.69) is 12.3 Å². The van der Waals surface area contributed by atoms with Gasteiger partial charge in [-0.1, -0.05) is 64.0 Å². The van der Waals surface area contributed by atoms with Gasteiger partial charge in [-0.05, 0) is 12.8 Å². The van der Waals surface area contributed by atoms with E-state index in [4.69, 9.17) is 11.7 Å². The van der Waals surface area contributed by atoms with Gasteiger partial charge in [-0.15, -0.1) is 0 Å². The summed E-state index contributed by atoms with van der Waals surface area (Å²) in [6.07, 6.45) is 14.8. The molecule has 0 heterocycles. The Balaban J connectivity index is 3.81. The molecule has 22 heavy (non-hydrogen) atoms. The Hall–Kier alpha value is -1.40. The largest absolute Gasteiger partial charge is 0.294 e. The lowest BCUT2D eigenvalue weighted by molar-refractivity contribution is -0.129. The highest BCUT2D eigenvalue weighted by molar-refractivity contribution is 5.86. The van der Waals surface area contributed by atoms with Crippen molar-refractivity contribution < 1.29 is 9.59 Å². The zero-order chi connectivity index (χ0) is 16.6. The third-order valence-corrected chi connectivity index (χ3v) is 3.64. The Morgan fingerprint density at radius 3 is 2.09 bits per heavy atom. The van der Waals surface area contributed by atoms with Crippen molar-refractivity contribution in [2.75, 3.05) is 0 Å². The standard InChI is InChI=1S/C16H32N4O2/c1-2-3-4-5-6-7-8-9-10-11-12-14(16(22)20-18)13-15(21)19-17/h11-12,14H,2-10,13,17-18H2,1H3,(H,19,21)(H,20,22). The Morgan fingerprint density at radius 1 is 0.955 bits per heavy atom. The van der Waals surface area contributed by atoms with Gasteiger partial charge < -0.3 is 0 Å². The first-order valence-electron chi connectivity index (χ1n) is 8.32. The molecule has 0 rings (SSSR count). The highest BCUT2D eigenvalue weighted by Crippen LogP contribution is 2.11. The van der Waals surface area contributed by atoms with Crippen molar-refractivity contribution in [3.8, 4) is 0 Å². The van der Waals surface area contributed by atoms with E-state index in [1.54, 1.807) is 6.08 Å². The maximum absolute atomic E-state index is 11.5. The lowest BCUT2D eigenvalue weighted by atomic mass is 10.0. The number of nitrogens with one attached hydrogen (secondary N) is 2. The molecule has 1 unspecified atom stereocenters. The van der Waals surface area contributed by atoms with Crippen LogP contribution in [0.4, 0.5) is 0 Å². The van der Waals surface area contributed by atoms with E-state index in [9.17, 15) is 9.59 Å². The van der Waals surface area contributed by atoms with Crippen LogP contribution in [0, 0.1) is 5.92 Å². The summed E-state index contributed by atoms with van der Waals surface area (Å²) in [4.78, 5) is 22.8. The molecular formula is C16H32N4O2. The summed E-state index contributed by atoms with van der Waals surface area (Å²) in [7, 11) is 0. The molecule has 0 spiro atoms. The molecule has 0 saturated carbocycles. The van der Waals surface area contributed by atoms with Gasteiger partial charge in [0.2, 0.25) is 11.8 Å². The van der Waals surface area contributed by atoms with Gasteiger partial charge in [-0.25, -0.2) is 11.7 Å². The molecule has 0 aliphatic carbocycles. The van der Waals surface area contributed by atoms with Gasteiger partial charge in [-0.2, -0.15) is 0 Å². The first kappa shape index (κ1) is 20.6. The summed E-state index contributed by atoms with van der Waals surface area (Å²) in [5, 5.41) is 0. The normalized spacial score (nSPS) is 12.3. The van der Waals surface area contributed by atoms with Gasteiger partial charge in [-0.3, -0.25) is 20.4 Å². The van der Waals surface area contributed by atoms with Crippen molar-refractivity contribution in [3.63, 3.8) is 0 Å². The van der Waals surface area contributed by atoms with E-state index in [0.717, 1.165) is 12.8 Å². The number of hydrogen-bond donors (Lipinski definition) is 4. The number of allylic oxidation sites excluding steroid dienone is 1. The summed E-state index contributed by atoms with van der Waals surface area (Å²) in [6, 6.07) is 0. The number of carbonyl (C=O) groups is 2. The number of hydrogen-bond acceptors (Lipinski definition) is 4. The molecule has 0 radical (unpaired) electrons. The highest BCUT2D eigenvalue weighted by Gasteiger charge is 2.17. The van der Waals surface area contributed by atoms with Gasteiger partial charge in [0.25, 0.3) is 0 Å². The van der Waals surface area contributed by atoms with Gasteiger partial charge >= 0.3 is 0 Å². The van der Waals surface area contributed by atoms with Crippen LogP contribution in [-0.2, 0) is 9.59 Å². The van der Waals surface area contributed by atoms with Gasteiger partial charge in [0.1, 0.15) is 0 Å². The predicted octanol–water partition coefficient (Wildman–Crippen LogP) is 2.06. The molecular weight excluding hydrogens is 280 g/mol. The van der Waals surface area contributed by atoms with E-state index in [1.807, 2.05) is 11.5 Å². The van der Waals surface area contributed by atoms with Crippen LogP contribution < -0.4 is 22.5 Å². The molecule has 0 bridgehead atoms. The topological polar surface area (TPSA) is 110 Å². The van der Waals surface area contributed by atoms with Crippen molar-refractivity contribution in [2.24, 2.45) is 17.6 Å². The average Bonchev–Trinajstić information content (AvgIpc) is 2.54. The molecule has 6 N–H and O–H groups in total. The molecule has 2 amide bonds. The van der Waals surface area contributed by atoms with Crippen molar-refractivity contribution in [2.45, 2.75) is 71.1 Å². The number of unbranched alkanes of at least 4 members (excludes halogenated alkanes) is 8. The molecule has 0 saturated heterocycles. The molecule has 0 aliphatic heterocycles. The molecule has 0 aliphatic rings. The van der Waals surface area contributed by atoms with Gasteiger partial charge in [0.15, 0.2) is 0 Å². The van der Waals surface area contributed by atoms with E-state index >= 15 is 0 Å². The zero-order valence-electron chi connectivity index (χ0n) is 13.8. The zero-order valence-corrected chi connectivity index (χ0v) is 13.8. The Bertz CT molecular complexity index is 332. The van der Waals surface area contributed by atoms with Crippen LogP contribution in [0.2, 0.25) is 0 Å². The second kappa shape index (κ2) is 14.5. The third kappa shape index (κ3) is 11.3. The molecule has 6 heteroatoms. The molecule has 0 aromatic heterocycles. The quantitative estimate of drug-likeness (QED) is 0.137. The van der Waals surface area contributed by atoms with Crippen LogP contribution in [0.15, 0.2) is 12.2 Å². The Labute approximate surface area is 134 Å². The summed E-state index contributed by atoms with van der Waals surface area (Å²) in [5.41, 5.74) is 4.09. The summed E-state index contributed by atoms with van der Waals surface area (Å²) >= 11 is 0. The Morgan fingerprint density at radius 2 is 1.55 bits per heavy atom. The summed E-state index contributed by atoms with van der Waals surface area (Å²) in [6.45, 7) is 2.22. The number of hydrazine groups is 2. The Kier molecular flexibility index (Phi) is 13.6. The van der Waals surface area contributed by atoms with Crippen LogP contribution in [0.25, 0.3) is 0 Å². The number of rotatable bonds is 13. The fourth-order valence-corrected chi connectivity index (χ4v) is 2.27. The van der Waals surface area contributed by atoms with E-state index in [-0.39, 0.29) is 18.2 Å². The maximum Gasteiger partial charge on any atom is 0.241 e. The number of nitrogens with two attached hydrogens (primary N) is 2. The molecule has 0 aromatic rings. The second-order valence-electron chi connectivity index (χ2n) is 5.58. The monoisotopic (exact) mass is 312 g/mol. The lowest BCUT2D eigenvalue weighted by Gasteiger charge is -2.09. The number of carbonyl (C=O) groups excluding carboxylic acids is 2. The fourth-order valence-electron chi connectivity index (χ4n) is 2.27. The van der Waals surface area contributed by atoms with Crippen LogP contribution in [0.1, 0.15) is 71.1 Å². The number of amides is 2. The molecule has 6 nitrogen and oxygen atoms in total. The van der Waals surface area contributed by atoms with E-state index < -0.39 is 5.92 Å². The fraction of sp³-hybridized carbons (Fsp3) is 0.750. The highest BCUT2D eigenvalue weighted by atomic mass is 16.2. The minimum Gasteiger partial charge on any atom is -0.294 e. The van der Waals surface area contributed by atoms with E-state index in [0.29, 0.717) is 0 Å². The first-order chi connectivity index (χ1) is 10.7. The van der Waals surface area contributed by atoms with Gasteiger partial charge in [0.05, 0.1) is 5.92 Å². The minimum atomic E-state index is -0.567. The summed E-state index contributed by atoms with van der Waals surface area (Å²) < 4.78 is 0. The summed E-state index contributed by atoms with van der Waals surface area (Å²) in [5.74, 6) is 8.81. The van der Waals surface area contributed by atoms with Crippen LogP contribution in [-0.4, -0.2) is 11.8 Å².